The number of fused-ring (bicyclic) bond motifs is 1. The summed E-state index contributed by atoms with van der Waals surface area (Å²) < 4.78 is 4.90. The number of nitrogens with zero attached hydrogens (tertiary/aromatic N) is 1. The largest absolute Gasteiger partial charge is 0.478 e. The normalized spacial score (nSPS) is 13.9. The second kappa shape index (κ2) is 2.94. The molecule has 0 saturated heterocycles. The summed E-state index contributed by atoms with van der Waals surface area (Å²) >= 11 is 0. The summed E-state index contributed by atoms with van der Waals surface area (Å²) in [7, 11) is 1.46. The summed E-state index contributed by atoms with van der Waals surface area (Å²) in [6.07, 6.45) is 0. The van der Waals surface area contributed by atoms with Gasteiger partial charge >= 0.3 is 0 Å². The fourth-order valence-corrected chi connectivity index (χ4v) is 1.69. The van der Waals surface area contributed by atoms with Crippen molar-refractivity contribution in [3.8, 4) is 0 Å². The average molecular weight is 189 g/mol. The summed E-state index contributed by atoms with van der Waals surface area (Å²) in [4.78, 5) is 15.8. The molecular formula is C11H11NO2. The van der Waals surface area contributed by atoms with Crippen molar-refractivity contribution in [1.29, 1.82) is 0 Å². The van der Waals surface area contributed by atoms with Gasteiger partial charge in [0.1, 0.15) is 0 Å². The van der Waals surface area contributed by atoms with Crippen LogP contribution in [0.3, 0.4) is 0 Å². The molecule has 3 heteroatoms. The second-order valence-electron chi connectivity index (χ2n) is 3.43. The number of rotatable bonds is 0. The maximum Gasteiger partial charge on any atom is 0.263 e. The van der Waals surface area contributed by atoms with Gasteiger partial charge in [-0.25, -0.2) is 4.99 Å². The number of benzene rings is 1. The molecule has 1 aliphatic heterocycles. The lowest BCUT2D eigenvalue weighted by molar-refractivity contribution is 0.104. The van der Waals surface area contributed by atoms with Gasteiger partial charge in [-0.2, -0.15) is 0 Å². The quantitative estimate of drug-likeness (QED) is 0.627. The molecule has 0 aromatic heterocycles. The Balaban J connectivity index is 2.64. The Hall–Kier alpha value is -1.64. The van der Waals surface area contributed by atoms with Crippen molar-refractivity contribution in [2.24, 2.45) is 4.99 Å². The van der Waals surface area contributed by atoms with E-state index in [4.69, 9.17) is 4.74 Å². The predicted octanol–water partition coefficient (Wildman–Crippen LogP) is 2.18. The van der Waals surface area contributed by atoms with Crippen LogP contribution in [0.4, 0.5) is 5.69 Å². The maximum atomic E-state index is 11.7. The molecule has 1 aromatic rings. The molecule has 1 aromatic carbocycles. The highest BCUT2D eigenvalue weighted by Gasteiger charge is 2.26. The Kier molecular flexibility index (Phi) is 1.88. The van der Waals surface area contributed by atoms with Crippen LogP contribution in [0, 0.1) is 13.8 Å². The summed E-state index contributed by atoms with van der Waals surface area (Å²) in [5, 5.41) is 0. The van der Waals surface area contributed by atoms with Crippen LogP contribution in [0.25, 0.3) is 0 Å². The molecule has 0 fully saturated rings. The smallest absolute Gasteiger partial charge is 0.263 e. The summed E-state index contributed by atoms with van der Waals surface area (Å²) in [5.74, 6) is 0.0722. The van der Waals surface area contributed by atoms with Crippen molar-refractivity contribution in [2.45, 2.75) is 13.8 Å². The molecule has 14 heavy (non-hydrogen) atoms. The van der Waals surface area contributed by atoms with Crippen molar-refractivity contribution in [1.82, 2.24) is 0 Å². The van der Waals surface area contributed by atoms with Gasteiger partial charge in [-0.1, -0.05) is 6.07 Å². The van der Waals surface area contributed by atoms with Crippen molar-refractivity contribution in [2.75, 3.05) is 7.11 Å². The molecule has 0 radical (unpaired) electrons. The molecule has 0 atom stereocenters. The monoisotopic (exact) mass is 189 g/mol. The highest BCUT2D eigenvalue weighted by Crippen LogP contribution is 2.31. The Morgan fingerprint density at radius 2 is 2.00 bits per heavy atom. The van der Waals surface area contributed by atoms with Gasteiger partial charge in [0.15, 0.2) is 0 Å². The first-order valence-electron chi connectivity index (χ1n) is 4.42. The lowest BCUT2D eigenvalue weighted by Crippen LogP contribution is -2.11. The number of ether oxygens (including phenoxy) is 1. The number of aliphatic imine (C=N–C) groups is 1. The standard InChI is InChI=1S/C11H11NO2/c1-6-4-7(2)9-8(5-6)10(13)11(12-9)14-3/h4-5H,1-3H3. The number of hydrogen-bond donors (Lipinski definition) is 0. The number of Topliss-reactive ketones (excluding diaryl/α,β-unsaturated/α-hetero) is 1. The Bertz CT molecular complexity index is 447. The minimum Gasteiger partial charge on any atom is -0.478 e. The van der Waals surface area contributed by atoms with Crippen molar-refractivity contribution < 1.29 is 9.53 Å². The molecule has 3 nitrogen and oxygen atoms in total. The molecular weight excluding hydrogens is 178 g/mol. The number of aryl methyl sites for hydroxylation is 2. The highest BCUT2D eigenvalue weighted by molar-refractivity contribution is 6.47. The molecule has 0 saturated carbocycles. The summed E-state index contributed by atoms with van der Waals surface area (Å²) in [6, 6.07) is 3.86. The van der Waals surface area contributed by atoms with E-state index in [2.05, 4.69) is 4.99 Å². The number of hydrogen-bond acceptors (Lipinski definition) is 3. The van der Waals surface area contributed by atoms with E-state index in [9.17, 15) is 4.79 Å². The van der Waals surface area contributed by atoms with Gasteiger partial charge < -0.3 is 4.74 Å². The van der Waals surface area contributed by atoms with Crippen molar-refractivity contribution in [3.05, 3.63) is 28.8 Å². The zero-order valence-electron chi connectivity index (χ0n) is 8.42. The Labute approximate surface area is 82.4 Å². The number of carbonyl (C=O) groups is 1. The average Bonchev–Trinajstić information content (AvgIpc) is 2.44. The molecule has 0 N–H and O–H groups in total. The SMILES string of the molecule is COC1=Nc2c(C)cc(C)cc2C1=O. The Morgan fingerprint density at radius 3 is 2.64 bits per heavy atom. The third-order valence-electron chi connectivity index (χ3n) is 2.29. The number of methoxy groups -OCH3 is 1. The van der Waals surface area contributed by atoms with Crippen LogP contribution in [-0.4, -0.2) is 18.8 Å². The van der Waals surface area contributed by atoms with Gasteiger partial charge in [-0.05, 0) is 31.0 Å². The number of carbonyl (C=O) groups excluding carboxylic acids is 1. The van der Waals surface area contributed by atoms with Crippen molar-refractivity contribution >= 4 is 17.4 Å². The first-order valence-corrected chi connectivity index (χ1v) is 4.42. The third-order valence-corrected chi connectivity index (χ3v) is 2.29. The number of ketones is 1. The maximum absolute atomic E-state index is 11.7. The zero-order valence-corrected chi connectivity index (χ0v) is 8.42. The fourth-order valence-electron chi connectivity index (χ4n) is 1.69. The highest BCUT2D eigenvalue weighted by atomic mass is 16.5. The summed E-state index contributed by atoms with van der Waals surface area (Å²) in [5.41, 5.74) is 3.49. The zero-order chi connectivity index (χ0) is 10.3. The van der Waals surface area contributed by atoms with Crippen LogP contribution in [-0.2, 0) is 4.74 Å². The molecule has 72 valence electrons. The van der Waals surface area contributed by atoms with Gasteiger partial charge in [0.25, 0.3) is 5.90 Å². The van der Waals surface area contributed by atoms with E-state index in [1.54, 1.807) is 0 Å². The van der Waals surface area contributed by atoms with E-state index in [1.165, 1.54) is 7.11 Å². The van der Waals surface area contributed by atoms with E-state index in [0.717, 1.165) is 16.8 Å². The molecule has 0 aliphatic carbocycles. The third kappa shape index (κ3) is 1.13. The van der Waals surface area contributed by atoms with Crippen LogP contribution in [0.2, 0.25) is 0 Å². The van der Waals surface area contributed by atoms with Crippen LogP contribution in [0.5, 0.6) is 0 Å². The first-order chi connectivity index (χ1) is 6.63. The first kappa shape index (κ1) is 8.94. The van der Waals surface area contributed by atoms with Crippen LogP contribution < -0.4 is 0 Å². The molecule has 1 aliphatic rings. The van der Waals surface area contributed by atoms with Crippen LogP contribution in [0.1, 0.15) is 21.5 Å². The summed E-state index contributed by atoms with van der Waals surface area (Å²) in [6.45, 7) is 3.91. The minimum absolute atomic E-state index is 0.116. The van der Waals surface area contributed by atoms with Crippen LogP contribution in [0.15, 0.2) is 17.1 Å². The van der Waals surface area contributed by atoms with Crippen LogP contribution >= 0.6 is 0 Å². The van der Waals surface area contributed by atoms with Gasteiger partial charge in [0, 0.05) is 0 Å². The molecule has 0 unspecified atom stereocenters. The molecule has 0 bridgehead atoms. The van der Waals surface area contributed by atoms with E-state index >= 15 is 0 Å². The fraction of sp³-hybridized carbons (Fsp3) is 0.273. The molecule has 2 rings (SSSR count). The molecule has 0 amide bonds. The van der Waals surface area contributed by atoms with Gasteiger partial charge in [-0.3, -0.25) is 4.79 Å². The van der Waals surface area contributed by atoms with Crippen molar-refractivity contribution in [3.63, 3.8) is 0 Å². The van der Waals surface area contributed by atoms with E-state index in [1.807, 2.05) is 26.0 Å². The van der Waals surface area contributed by atoms with Gasteiger partial charge in [0.05, 0.1) is 18.4 Å². The second-order valence-corrected chi connectivity index (χ2v) is 3.43. The Morgan fingerprint density at radius 1 is 1.29 bits per heavy atom. The lowest BCUT2D eigenvalue weighted by atomic mass is 10.0. The lowest BCUT2D eigenvalue weighted by Gasteiger charge is -2.01. The van der Waals surface area contributed by atoms with Gasteiger partial charge in [-0.15, -0.1) is 0 Å². The van der Waals surface area contributed by atoms with E-state index < -0.39 is 0 Å². The topological polar surface area (TPSA) is 38.7 Å². The minimum atomic E-state index is -0.116. The molecule has 1 heterocycles. The van der Waals surface area contributed by atoms with E-state index in [0.29, 0.717) is 5.56 Å². The predicted molar refractivity (Wildman–Crippen MR) is 54.4 cm³/mol. The van der Waals surface area contributed by atoms with E-state index in [-0.39, 0.29) is 11.7 Å². The molecule has 0 spiro atoms. The van der Waals surface area contributed by atoms with Gasteiger partial charge in [0.2, 0.25) is 5.78 Å².